The van der Waals surface area contributed by atoms with Gasteiger partial charge >= 0.3 is 6.18 Å². The Morgan fingerprint density at radius 1 is 1.36 bits per heavy atom. The number of halogens is 4. The number of pyridine rings is 1. The van der Waals surface area contributed by atoms with Gasteiger partial charge in [0.1, 0.15) is 11.3 Å². The Hall–Kier alpha value is -2.86. The Morgan fingerprint density at radius 3 is 2.75 bits per heavy atom. The van der Waals surface area contributed by atoms with Crippen molar-refractivity contribution in [3.8, 4) is 6.07 Å². The molecule has 1 saturated carbocycles. The second-order valence-corrected chi connectivity index (χ2v) is 7.15. The number of nitriles is 1. The first kappa shape index (κ1) is 18.5. The molecule has 10 heteroatoms. The van der Waals surface area contributed by atoms with E-state index in [9.17, 15) is 18.0 Å². The van der Waals surface area contributed by atoms with Crippen molar-refractivity contribution in [1.82, 2.24) is 19.2 Å². The summed E-state index contributed by atoms with van der Waals surface area (Å²) in [4.78, 5) is 17.1. The van der Waals surface area contributed by atoms with Crippen molar-refractivity contribution in [2.75, 3.05) is 0 Å². The fourth-order valence-electron chi connectivity index (χ4n) is 3.43. The van der Waals surface area contributed by atoms with Crippen LogP contribution in [0, 0.1) is 24.2 Å². The van der Waals surface area contributed by atoms with Crippen molar-refractivity contribution in [1.29, 1.82) is 5.26 Å². The number of aromatic nitrogens is 4. The summed E-state index contributed by atoms with van der Waals surface area (Å²) in [6, 6.07) is 7.54. The zero-order valence-electron chi connectivity index (χ0n) is 14.5. The lowest BCUT2D eigenvalue weighted by molar-refractivity contribution is -0.144. The molecule has 0 N–H and O–H groups in total. The summed E-state index contributed by atoms with van der Waals surface area (Å²) in [5.41, 5.74) is 0.626. The summed E-state index contributed by atoms with van der Waals surface area (Å²) in [5.74, 6) is -0.183. The van der Waals surface area contributed by atoms with E-state index in [4.69, 9.17) is 16.9 Å². The van der Waals surface area contributed by atoms with E-state index < -0.39 is 17.4 Å². The molecule has 28 heavy (non-hydrogen) atoms. The lowest BCUT2D eigenvalue weighted by Crippen LogP contribution is -2.22. The standard InChI is InChI=1S/C18H13ClF3N5O/c1-9-2-3-15-24-11(8-26-13(18(20,21)22)6-14(19)25-26)5-16(28)27(15)17(9)12-4-10(12)7-23/h2-3,5-6,10,12H,4,8H2,1H3. The number of alkyl halides is 3. The normalized spacial score (nSPS) is 19.0. The summed E-state index contributed by atoms with van der Waals surface area (Å²) in [6.45, 7) is 1.50. The second-order valence-electron chi connectivity index (χ2n) is 6.77. The number of nitrogens with zero attached hydrogens (tertiary/aromatic N) is 5. The van der Waals surface area contributed by atoms with Crippen molar-refractivity contribution >= 4 is 17.2 Å². The van der Waals surface area contributed by atoms with E-state index in [1.807, 2.05) is 6.92 Å². The van der Waals surface area contributed by atoms with Crippen LogP contribution in [0.3, 0.4) is 0 Å². The molecule has 1 aliphatic carbocycles. The fourth-order valence-corrected chi connectivity index (χ4v) is 3.63. The van der Waals surface area contributed by atoms with E-state index in [0.29, 0.717) is 16.7 Å². The molecule has 0 amide bonds. The predicted molar refractivity (Wildman–Crippen MR) is 94.0 cm³/mol. The maximum atomic E-state index is 13.1. The first-order valence-corrected chi connectivity index (χ1v) is 8.79. The average molecular weight is 408 g/mol. The zero-order valence-corrected chi connectivity index (χ0v) is 15.3. The molecule has 3 heterocycles. The van der Waals surface area contributed by atoms with E-state index in [0.717, 1.165) is 17.3 Å². The van der Waals surface area contributed by atoms with Gasteiger partial charge in [-0.2, -0.15) is 23.5 Å². The largest absolute Gasteiger partial charge is 0.433 e. The van der Waals surface area contributed by atoms with Crippen LogP contribution < -0.4 is 5.56 Å². The molecule has 1 aliphatic rings. The molecule has 0 spiro atoms. The molecule has 6 nitrogen and oxygen atoms in total. The quantitative estimate of drug-likeness (QED) is 0.665. The highest BCUT2D eigenvalue weighted by atomic mass is 35.5. The summed E-state index contributed by atoms with van der Waals surface area (Å²) in [7, 11) is 0. The lowest BCUT2D eigenvalue weighted by atomic mass is 10.1. The minimum atomic E-state index is -4.63. The average Bonchev–Trinajstić information content (AvgIpc) is 3.28. The summed E-state index contributed by atoms with van der Waals surface area (Å²) < 4.78 is 41.5. The molecular weight excluding hydrogens is 395 g/mol. The van der Waals surface area contributed by atoms with Gasteiger partial charge in [0.2, 0.25) is 0 Å². The van der Waals surface area contributed by atoms with E-state index in [-0.39, 0.29) is 29.2 Å². The maximum absolute atomic E-state index is 13.1. The Bertz CT molecular complexity index is 1190. The Balaban J connectivity index is 1.79. The molecule has 0 aliphatic heterocycles. The van der Waals surface area contributed by atoms with Gasteiger partial charge < -0.3 is 0 Å². The van der Waals surface area contributed by atoms with Crippen LogP contribution in [0.4, 0.5) is 13.2 Å². The number of aryl methyl sites for hydroxylation is 1. The molecule has 1 fully saturated rings. The van der Waals surface area contributed by atoms with E-state index >= 15 is 0 Å². The van der Waals surface area contributed by atoms with E-state index in [1.54, 1.807) is 12.1 Å². The van der Waals surface area contributed by atoms with Gasteiger partial charge in [0.15, 0.2) is 5.15 Å². The number of hydrogen-bond acceptors (Lipinski definition) is 4. The Morgan fingerprint density at radius 2 is 2.11 bits per heavy atom. The maximum Gasteiger partial charge on any atom is 0.433 e. The molecule has 3 aromatic rings. The summed E-state index contributed by atoms with van der Waals surface area (Å²) in [5, 5.41) is 12.5. The van der Waals surface area contributed by atoms with Gasteiger partial charge in [-0.15, -0.1) is 0 Å². The third kappa shape index (κ3) is 3.14. The van der Waals surface area contributed by atoms with Crippen LogP contribution in [0.2, 0.25) is 5.15 Å². The van der Waals surface area contributed by atoms with Gasteiger partial charge in [0.05, 0.1) is 24.2 Å². The molecule has 0 aromatic carbocycles. The Kier molecular flexibility index (Phi) is 4.19. The van der Waals surface area contributed by atoms with Crippen molar-refractivity contribution in [3.05, 3.63) is 62.4 Å². The van der Waals surface area contributed by atoms with Crippen LogP contribution in [0.1, 0.15) is 35.0 Å². The number of rotatable bonds is 3. The number of fused-ring (bicyclic) bond motifs is 1. The molecule has 4 rings (SSSR count). The fraction of sp³-hybridized carbons (Fsp3) is 0.333. The molecule has 2 unspecified atom stereocenters. The van der Waals surface area contributed by atoms with Crippen LogP contribution in [0.5, 0.6) is 0 Å². The second kappa shape index (κ2) is 6.34. The highest BCUT2D eigenvalue weighted by Gasteiger charge is 2.41. The molecule has 2 atom stereocenters. The van der Waals surface area contributed by atoms with Crippen molar-refractivity contribution in [2.24, 2.45) is 5.92 Å². The van der Waals surface area contributed by atoms with Gasteiger partial charge in [0, 0.05) is 23.7 Å². The van der Waals surface area contributed by atoms with Crippen LogP contribution in [-0.4, -0.2) is 19.2 Å². The van der Waals surface area contributed by atoms with Crippen LogP contribution >= 0.6 is 11.6 Å². The van der Waals surface area contributed by atoms with Crippen LogP contribution in [0.15, 0.2) is 29.1 Å². The van der Waals surface area contributed by atoms with Gasteiger partial charge in [-0.25, -0.2) is 4.98 Å². The highest BCUT2D eigenvalue weighted by molar-refractivity contribution is 6.29. The van der Waals surface area contributed by atoms with Crippen LogP contribution in [0.25, 0.3) is 5.65 Å². The first-order valence-electron chi connectivity index (χ1n) is 8.41. The first-order chi connectivity index (χ1) is 13.2. The van der Waals surface area contributed by atoms with Crippen molar-refractivity contribution < 1.29 is 13.2 Å². The highest BCUT2D eigenvalue weighted by Crippen LogP contribution is 2.47. The van der Waals surface area contributed by atoms with Crippen molar-refractivity contribution in [3.63, 3.8) is 0 Å². The molecule has 3 aromatic heterocycles. The minimum Gasteiger partial charge on any atom is -0.269 e. The van der Waals surface area contributed by atoms with Crippen molar-refractivity contribution in [2.45, 2.75) is 32.0 Å². The van der Waals surface area contributed by atoms with Gasteiger partial charge in [-0.3, -0.25) is 13.9 Å². The van der Waals surface area contributed by atoms with Crippen LogP contribution in [-0.2, 0) is 12.7 Å². The minimum absolute atomic E-state index is 0.0409. The summed E-state index contributed by atoms with van der Waals surface area (Å²) in [6.07, 6.45) is -3.96. The zero-order chi connectivity index (χ0) is 20.2. The van der Waals surface area contributed by atoms with Gasteiger partial charge in [-0.1, -0.05) is 17.7 Å². The molecule has 144 valence electrons. The molecular formula is C18H13ClF3N5O. The third-order valence-electron chi connectivity index (χ3n) is 4.78. The van der Waals surface area contributed by atoms with Gasteiger partial charge in [0.25, 0.3) is 5.56 Å². The third-order valence-corrected chi connectivity index (χ3v) is 4.97. The monoisotopic (exact) mass is 407 g/mol. The predicted octanol–water partition coefficient (Wildman–Crippen LogP) is 3.55. The SMILES string of the molecule is Cc1ccc2nc(Cn3nc(Cl)cc3C(F)(F)F)cc(=O)n2c1C1CC1C#N. The van der Waals surface area contributed by atoms with E-state index in [1.165, 1.54) is 10.5 Å². The Labute approximate surface area is 161 Å². The molecule has 0 radical (unpaired) electrons. The topological polar surface area (TPSA) is 76.0 Å². The molecule has 0 bridgehead atoms. The smallest absolute Gasteiger partial charge is 0.269 e. The van der Waals surface area contributed by atoms with E-state index in [2.05, 4.69) is 16.2 Å². The lowest BCUT2D eigenvalue weighted by Gasteiger charge is -2.13. The summed E-state index contributed by atoms with van der Waals surface area (Å²) >= 11 is 5.63. The molecule has 0 saturated heterocycles. The van der Waals surface area contributed by atoms with Gasteiger partial charge in [-0.05, 0) is 25.0 Å². The number of hydrogen-bond donors (Lipinski definition) is 0.